The number of halogens is 1. The molecule has 19 heavy (non-hydrogen) atoms. The SMILES string of the molecule is COCCN(C1CC1)C(C)C(=O)c1ccc(Cl)cc1. The molecule has 0 spiro atoms. The molecule has 0 aromatic heterocycles. The first kappa shape index (κ1) is 14.5. The van der Waals surface area contributed by atoms with E-state index < -0.39 is 0 Å². The summed E-state index contributed by atoms with van der Waals surface area (Å²) in [5.74, 6) is 0.152. The van der Waals surface area contributed by atoms with Crippen molar-refractivity contribution in [2.45, 2.75) is 31.8 Å². The minimum atomic E-state index is -0.108. The van der Waals surface area contributed by atoms with Crippen LogP contribution in [-0.2, 0) is 4.74 Å². The quantitative estimate of drug-likeness (QED) is 0.720. The predicted octanol–water partition coefficient (Wildman–Crippen LogP) is 3.02. The van der Waals surface area contributed by atoms with Crippen LogP contribution >= 0.6 is 11.6 Å². The number of ether oxygens (including phenoxy) is 1. The normalized spacial score (nSPS) is 16.6. The Labute approximate surface area is 119 Å². The Hall–Kier alpha value is -0.900. The Morgan fingerprint density at radius 3 is 2.58 bits per heavy atom. The van der Waals surface area contributed by atoms with E-state index in [1.165, 1.54) is 12.8 Å². The van der Waals surface area contributed by atoms with Crippen LogP contribution in [0.15, 0.2) is 24.3 Å². The molecule has 1 saturated carbocycles. The van der Waals surface area contributed by atoms with Crippen molar-refractivity contribution in [3.8, 4) is 0 Å². The van der Waals surface area contributed by atoms with Crippen molar-refractivity contribution in [3.63, 3.8) is 0 Å². The summed E-state index contributed by atoms with van der Waals surface area (Å²) in [6, 6.07) is 7.55. The molecule has 4 heteroatoms. The summed E-state index contributed by atoms with van der Waals surface area (Å²) >= 11 is 5.85. The number of carbonyl (C=O) groups is 1. The molecule has 0 amide bonds. The van der Waals surface area contributed by atoms with Gasteiger partial charge < -0.3 is 4.74 Å². The molecule has 1 atom stereocenters. The van der Waals surface area contributed by atoms with Crippen molar-refractivity contribution < 1.29 is 9.53 Å². The number of carbonyl (C=O) groups excluding carboxylic acids is 1. The maximum absolute atomic E-state index is 12.5. The van der Waals surface area contributed by atoms with Crippen molar-refractivity contribution in [1.82, 2.24) is 4.90 Å². The Bertz CT molecular complexity index is 428. The van der Waals surface area contributed by atoms with Gasteiger partial charge in [0.2, 0.25) is 0 Å². The topological polar surface area (TPSA) is 29.5 Å². The number of benzene rings is 1. The fourth-order valence-electron chi connectivity index (χ4n) is 2.30. The third-order valence-corrected chi connectivity index (χ3v) is 3.83. The molecule has 0 heterocycles. The molecule has 0 aliphatic heterocycles. The minimum Gasteiger partial charge on any atom is -0.383 e. The first-order valence-corrected chi connectivity index (χ1v) is 7.05. The van der Waals surface area contributed by atoms with Crippen molar-refractivity contribution in [2.24, 2.45) is 0 Å². The van der Waals surface area contributed by atoms with Gasteiger partial charge in [0.1, 0.15) is 0 Å². The van der Waals surface area contributed by atoms with Crippen molar-refractivity contribution in [1.29, 1.82) is 0 Å². The second-order valence-electron chi connectivity index (χ2n) is 5.01. The van der Waals surface area contributed by atoms with E-state index in [-0.39, 0.29) is 11.8 Å². The molecule has 0 N–H and O–H groups in total. The first-order chi connectivity index (χ1) is 9.13. The van der Waals surface area contributed by atoms with Crippen LogP contribution < -0.4 is 0 Å². The number of hydrogen-bond acceptors (Lipinski definition) is 3. The van der Waals surface area contributed by atoms with Gasteiger partial charge in [-0.3, -0.25) is 9.69 Å². The number of ketones is 1. The molecule has 2 rings (SSSR count). The zero-order chi connectivity index (χ0) is 13.8. The lowest BCUT2D eigenvalue weighted by Gasteiger charge is -2.27. The number of methoxy groups -OCH3 is 1. The zero-order valence-electron chi connectivity index (χ0n) is 11.4. The van der Waals surface area contributed by atoms with Gasteiger partial charge in [0.25, 0.3) is 0 Å². The largest absolute Gasteiger partial charge is 0.383 e. The van der Waals surface area contributed by atoms with Gasteiger partial charge in [-0.1, -0.05) is 11.6 Å². The maximum Gasteiger partial charge on any atom is 0.179 e. The van der Waals surface area contributed by atoms with E-state index in [9.17, 15) is 4.79 Å². The van der Waals surface area contributed by atoms with E-state index in [0.29, 0.717) is 17.7 Å². The van der Waals surface area contributed by atoms with Gasteiger partial charge in [-0.25, -0.2) is 0 Å². The van der Waals surface area contributed by atoms with Gasteiger partial charge >= 0.3 is 0 Å². The second kappa shape index (κ2) is 6.51. The fourth-order valence-corrected chi connectivity index (χ4v) is 2.43. The summed E-state index contributed by atoms with van der Waals surface area (Å²) in [7, 11) is 1.69. The van der Waals surface area contributed by atoms with E-state index in [4.69, 9.17) is 16.3 Å². The summed E-state index contributed by atoms with van der Waals surface area (Å²) in [6.45, 7) is 3.45. The molecular weight excluding hydrogens is 262 g/mol. The molecule has 1 aliphatic carbocycles. The molecule has 1 unspecified atom stereocenters. The van der Waals surface area contributed by atoms with Crippen LogP contribution in [0.1, 0.15) is 30.1 Å². The van der Waals surface area contributed by atoms with Crippen LogP contribution in [0.3, 0.4) is 0 Å². The third kappa shape index (κ3) is 3.78. The van der Waals surface area contributed by atoms with Gasteiger partial charge in [-0.2, -0.15) is 0 Å². The number of nitrogens with zero attached hydrogens (tertiary/aromatic N) is 1. The van der Waals surface area contributed by atoms with Gasteiger partial charge in [0.15, 0.2) is 5.78 Å². The summed E-state index contributed by atoms with van der Waals surface area (Å²) in [5, 5.41) is 0.655. The van der Waals surface area contributed by atoms with Gasteiger partial charge in [-0.15, -0.1) is 0 Å². The smallest absolute Gasteiger partial charge is 0.179 e. The van der Waals surface area contributed by atoms with E-state index >= 15 is 0 Å². The second-order valence-corrected chi connectivity index (χ2v) is 5.45. The Balaban J connectivity index is 2.05. The van der Waals surface area contributed by atoms with Crippen LogP contribution in [0.2, 0.25) is 5.02 Å². The third-order valence-electron chi connectivity index (χ3n) is 3.58. The minimum absolute atomic E-state index is 0.108. The highest BCUT2D eigenvalue weighted by Crippen LogP contribution is 2.29. The Morgan fingerprint density at radius 1 is 1.42 bits per heavy atom. The van der Waals surface area contributed by atoms with Crippen LogP contribution in [0.5, 0.6) is 0 Å². The highest BCUT2D eigenvalue weighted by Gasteiger charge is 2.34. The standard InChI is InChI=1S/C15H20ClNO2/c1-11(17(9-10-19-2)14-7-8-14)15(18)12-3-5-13(16)6-4-12/h3-6,11,14H,7-10H2,1-2H3. The predicted molar refractivity (Wildman–Crippen MR) is 76.8 cm³/mol. The molecule has 0 saturated heterocycles. The van der Waals surface area contributed by atoms with Crippen LogP contribution in [0.4, 0.5) is 0 Å². The number of rotatable bonds is 7. The van der Waals surface area contributed by atoms with Gasteiger partial charge in [-0.05, 0) is 44.0 Å². The molecule has 104 valence electrons. The van der Waals surface area contributed by atoms with Crippen molar-refractivity contribution in [3.05, 3.63) is 34.9 Å². The monoisotopic (exact) mass is 281 g/mol. The van der Waals surface area contributed by atoms with Crippen LogP contribution in [-0.4, -0.2) is 43.0 Å². The summed E-state index contributed by atoms with van der Waals surface area (Å²) < 4.78 is 5.13. The lowest BCUT2D eigenvalue weighted by atomic mass is 10.0. The molecule has 1 fully saturated rings. The first-order valence-electron chi connectivity index (χ1n) is 6.68. The number of hydrogen-bond donors (Lipinski definition) is 0. The maximum atomic E-state index is 12.5. The molecular formula is C15H20ClNO2. The molecule has 0 bridgehead atoms. The Kier molecular flexibility index (Phi) is 4.97. The highest BCUT2D eigenvalue weighted by atomic mass is 35.5. The molecule has 1 aromatic carbocycles. The molecule has 1 aromatic rings. The summed E-state index contributed by atoms with van der Waals surface area (Å²) in [5.41, 5.74) is 0.722. The number of Topliss-reactive ketones (excluding diaryl/α,β-unsaturated/α-hetero) is 1. The average Bonchev–Trinajstić information content (AvgIpc) is 3.23. The average molecular weight is 282 g/mol. The Morgan fingerprint density at radius 2 is 2.05 bits per heavy atom. The fraction of sp³-hybridized carbons (Fsp3) is 0.533. The van der Waals surface area contributed by atoms with Gasteiger partial charge in [0.05, 0.1) is 12.6 Å². The van der Waals surface area contributed by atoms with Crippen molar-refractivity contribution in [2.75, 3.05) is 20.3 Å². The summed E-state index contributed by atoms with van der Waals surface area (Å²) in [4.78, 5) is 14.7. The van der Waals surface area contributed by atoms with E-state index in [1.807, 2.05) is 6.92 Å². The summed E-state index contributed by atoms with van der Waals surface area (Å²) in [6.07, 6.45) is 2.36. The highest BCUT2D eigenvalue weighted by molar-refractivity contribution is 6.30. The van der Waals surface area contributed by atoms with Crippen LogP contribution in [0, 0.1) is 0 Å². The van der Waals surface area contributed by atoms with Gasteiger partial charge in [0, 0.05) is 30.3 Å². The van der Waals surface area contributed by atoms with Crippen molar-refractivity contribution >= 4 is 17.4 Å². The van der Waals surface area contributed by atoms with Crippen LogP contribution in [0.25, 0.3) is 0 Å². The molecule has 3 nitrogen and oxygen atoms in total. The van der Waals surface area contributed by atoms with E-state index in [0.717, 1.165) is 12.1 Å². The molecule has 1 aliphatic rings. The lowest BCUT2D eigenvalue weighted by molar-refractivity contribution is 0.0758. The van der Waals surface area contributed by atoms with E-state index in [2.05, 4.69) is 4.90 Å². The van der Waals surface area contributed by atoms with E-state index in [1.54, 1.807) is 31.4 Å². The zero-order valence-corrected chi connectivity index (χ0v) is 12.2. The molecule has 0 radical (unpaired) electrons. The lowest BCUT2D eigenvalue weighted by Crippen LogP contribution is -2.42.